The first kappa shape index (κ1) is 71.8. The van der Waals surface area contributed by atoms with Gasteiger partial charge in [-0.1, -0.05) is 312 Å². The molecule has 6 heteroatoms. The van der Waals surface area contributed by atoms with Gasteiger partial charge in [0.05, 0.1) is 6.42 Å². The first-order valence-corrected chi connectivity index (χ1v) is 32.4. The Hall–Kier alpha value is -3.15. The lowest BCUT2D eigenvalue weighted by Crippen LogP contribution is -2.30. The number of unbranched alkanes of at least 4 members (excludes halogenated alkanes) is 37. The number of hydrogen-bond acceptors (Lipinski definition) is 6. The molecule has 0 heterocycles. The molecule has 0 rings (SSSR count). The predicted molar refractivity (Wildman–Crippen MR) is 325 cm³/mol. The van der Waals surface area contributed by atoms with Crippen molar-refractivity contribution in [1.82, 2.24) is 0 Å². The monoisotopic (exact) mass is 1050 g/mol. The van der Waals surface area contributed by atoms with E-state index in [4.69, 9.17) is 14.2 Å². The molecular formula is C69H122O6. The van der Waals surface area contributed by atoms with Crippen LogP contribution in [0.3, 0.4) is 0 Å². The van der Waals surface area contributed by atoms with Gasteiger partial charge < -0.3 is 14.2 Å². The van der Waals surface area contributed by atoms with Gasteiger partial charge >= 0.3 is 17.9 Å². The van der Waals surface area contributed by atoms with E-state index in [-0.39, 0.29) is 31.6 Å². The van der Waals surface area contributed by atoms with E-state index in [1.807, 2.05) is 6.08 Å². The maximum Gasteiger partial charge on any atom is 0.309 e. The van der Waals surface area contributed by atoms with Crippen molar-refractivity contribution in [2.45, 2.75) is 335 Å². The standard InChI is InChI=1S/C69H122O6/c1-4-7-10-13-16-19-22-25-28-30-32-33-34-35-37-38-41-44-47-50-53-56-59-62-68(71)74-65-66(64-73-67(70)61-58-55-52-49-46-43-40-27-24-21-18-15-12-9-6-3)75-69(72)63-60-57-54-51-48-45-42-39-36-31-29-26-23-20-17-14-11-8-5-2/h9,12,18,21,27,30,32,40,46,49,55,58,66H,4-8,10-11,13-17,19-20,22-26,28-29,31,33-39,41-45,47-48,50-54,56-57,59-65H2,1-3H3/b12-9-,21-18-,32-30-,40-27-,49-46-,58-55-. The average Bonchev–Trinajstić information content (AvgIpc) is 3.41. The molecule has 0 aliphatic carbocycles. The summed E-state index contributed by atoms with van der Waals surface area (Å²) in [6.07, 6.45) is 82.3. The van der Waals surface area contributed by atoms with Crippen molar-refractivity contribution in [3.63, 3.8) is 0 Å². The first-order valence-electron chi connectivity index (χ1n) is 32.4. The molecule has 0 radical (unpaired) electrons. The van der Waals surface area contributed by atoms with Crippen LogP contribution in [0.2, 0.25) is 0 Å². The van der Waals surface area contributed by atoms with Crippen molar-refractivity contribution in [2.24, 2.45) is 0 Å². The highest BCUT2D eigenvalue weighted by atomic mass is 16.6. The lowest BCUT2D eigenvalue weighted by Gasteiger charge is -2.18. The summed E-state index contributed by atoms with van der Waals surface area (Å²) in [5.74, 6) is -1.02. The second-order valence-electron chi connectivity index (χ2n) is 21.7. The minimum Gasteiger partial charge on any atom is -0.462 e. The van der Waals surface area contributed by atoms with E-state index in [1.54, 1.807) is 6.08 Å². The van der Waals surface area contributed by atoms with Gasteiger partial charge in [-0.15, -0.1) is 0 Å². The zero-order valence-corrected chi connectivity index (χ0v) is 49.8. The highest BCUT2D eigenvalue weighted by Crippen LogP contribution is 2.17. The van der Waals surface area contributed by atoms with Gasteiger partial charge in [0.25, 0.3) is 0 Å². The summed E-state index contributed by atoms with van der Waals surface area (Å²) in [7, 11) is 0. The molecule has 0 aromatic rings. The van der Waals surface area contributed by atoms with E-state index in [1.165, 1.54) is 218 Å². The van der Waals surface area contributed by atoms with Crippen molar-refractivity contribution in [3.8, 4) is 0 Å². The molecule has 0 saturated carbocycles. The number of rotatable bonds is 59. The predicted octanol–water partition coefficient (Wildman–Crippen LogP) is 22.1. The number of allylic oxidation sites excluding steroid dienone is 11. The molecule has 0 aromatic carbocycles. The number of hydrogen-bond donors (Lipinski definition) is 0. The second-order valence-corrected chi connectivity index (χ2v) is 21.7. The fraction of sp³-hybridized carbons (Fsp3) is 0.783. The van der Waals surface area contributed by atoms with E-state index in [2.05, 4.69) is 81.5 Å². The zero-order chi connectivity index (χ0) is 54.3. The highest BCUT2D eigenvalue weighted by molar-refractivity contribution is 5.72. The average molecular weight is 1050 g/mol. The summed E-state index contributed by atoms with van der Waals surface area (Å²) in [4.78, 5) is 38.3. The Bertz CT molecular complexity index is 1390. The fourth-order valence-electron chi connectivity index (χ4n) is 9.40. The summed E-state index contributed by atoms with van der Waals surface area (Å²) < 4.78 is 16.8. The molecule has 0 saturated heterocycles. The molecule has 75 heavy (non-hydrogen) atoms. The third kappa shape index (κ3) is 61.6. The highest BCUT2D eigenvalue weighted by Gasteiger charge is 2.19. The van der Waals surface area contributed by atoms with Gasteiger partial charge in [0, 0.05) is 12.8 Å². The van der Waals surface area contributed by atoms with Crippen LogP contribution in [0.5, 0.6) is 0 Å². The number of ether oxygens (including phenoxy) is 3. The van der Waals surface area contributed by atoms with E-state index >= 15 is 0 Å². The Balaban J connectivity index is 4.38. The molecule has 0 aromatic heterocycles. The molecule has 0 aliphatic heterocycles. The van der Waals surface area contributed by atoms with Gasteiger partial charge in [0.15, 0.2) is 6.10 Å². The summed E-state index contributed by atoms with van der Waals surface area (Å²) in [6, 6.07) is 0. The van der Waals surface area contributed by atoms with Gasteiger partial charge in [-0.2, -0.15) is 0 Å². The van der Waals surface area contributed by atoms with E-state index < -0.39 is 12.1 Å². The minimum atomic E-state index is -0.815. The van der Waals surface area contributed by atoms with Gasteiger partial charge in [-0.3, -0.25) is 14.4 Å². The quantitative estimate of drug-likeness (QED) is 0.0261. The molecule has 0 aliphatic rings. The summed E-state index contributed by atoms with van der Waals surface area (Å²) in [6.45, 7) is 6.49. The van der Waals surface area contributed by atoms with E-state index in [0.717, 1.165) is 70.6 Å². The molecule has 0 amide bonds. The van der Waals surface area contributed by atoms with Gasteiger partial charge in [0.2, 0.25) is 0 Å². The minimum absolute atomic E-state index is 0.102. The molecule has 0 fully saturated rings. The molecule has 1 atom stereocenters. The molecule has 0 spiro atoms. The van der Waals surface area contributed by atoms with Crippen LogP contribution in [-0.2, 0) is 28.6 Å². The van der Waals surface area contributed by atoms with Crippen LogP contribution >= 0.6 is 0 Å². The van der Waals surface area contributed by atoms with E-state index in [0.29, 0.717) is 12.8 Å². The van der Waals surface area contributed by atoms with Crippen molar-refractivity contribution in [3.05, 3.63) is 72.9 Å². The van der Waals surface area contributed by atoms with E-state index in [9.17, 15) is 14.4 Å². The topological polar surface area (TPSA) is 78.9 Å². The lowest BCUT2D eigenvalue weighted by atomic mass is 10.0. The third-order valence-electron chi connectivity index (χ3n) is 14.2. The van der Waals surface area contributed by atoms with Crippen LogP contribution in [0.1, 0.15) is 329 Å². The van der Waals surface area contributed by atoms with Crippen LogP contribution in [0.4, 0.5) is 0 Å². The molecule has 0 N–H and O–H groups in total. The van der Waals surface area contributed by atoms with Crippen LogP contribution in [-0.4, -0.2) is 37.2 Å². The fourth-order valence-corrected chi connectivity index (χ4v) is 9.40. The second kappa shape index (κ2) is 63.4. The first-order chi connectivity index (χ1) is 37.0. The SMILES string of the molecule is CC/C=C\C/C=C\C/C=C\C/C=C\C/C=C\CC(=O)OCC(COC(=O)CCCCCCCCCCCCC/C=C\CCCCCCCCCC)OC(=O)CCCCCCCCCCCCCCCCCCCCC. The number of carbonyl (C=O) groups excluding carboxylic acids is 3. The summed E-state index contributed by atoms with van der Waals surface area (Å²) >= 11 is 0. The Morgan fingerprint density at radius 3 is 0.920 bits per heavy atom. The zero-order valence-electron chi connectivity index (χ0n) is 49.8. The van der Waals surface area contributed by atoms with Crippen molar-refractivity contribution >= 4 is 17.9 Å². The van der Waals surface area contributed by atoms with Crippen molar-refractivity contribution < 1.29 is 28.6 Å². The molecule has 1 unspecified atom stereocenters. The molecule has 0 bridgehead atoms. The van der Waals surface area contributed by atoms with Crippen LogP contribution < -0.4 is 0 Å². The molecule has 434 valence electrons. The molecular weight excluding hydrogens is 925 g/mol. The van der Waals surface area contributed by atoms with Gasteiger partial charge in [0.1, 0.15) is 13.2 Å². The maximum absolute atomic E-state index is 12.9. The Morgan fingerprint density at radius 1 is 0.293 bits per heavy atom. The largest absolute Gasteiger partial charge is 0.462 e. The van der Waals surface area contributed by atoms with Crippen LogP contribution in [0, 0.1) is 0 Å². The van der Waals surface area contributed by atoms with Crippen LogP contribution in [0.15, 0.2) is 72.9 Å². The molecule has 6 nitrogen and oxygen atoms in total. The summed E-state index contributed by atoms with van der Waals surface area (Å²) in [5, 5.41) is 0. The van der Waals surface area contributed by atoms with Crippen molar-refractivity contribution in [1.29, 1.82) is 0 Å². The van der Waals surface area contributed by atoms with Gasteiger partial charge in [-0.25, -0.2) is 0 Å². The van der Waals surface area contributed by atoms with Gasteiger partial charge in [-0.05, 0) is 70.6 Å². The van der Waals surface area contributed by atoms with Crippen molar-refractivity contribution in [2.75, 3.05) is 13.2 Å². The Labute approximate surface area is 465 Å². The summed E-state index contributed by atoms with van der Waals surface area (Å²) in [5.41, 5.74) is 0. The maximum atomic E-state index is 12.9. The normalized spacial score (nSPS) is 12.5. The number of carbonyl (C=O) groups is 3. The smallest absolute Gasteiger partial charge is 0.309 e. The lowest BCUT2D eigenvalue weighted by molar-refractivity contribution is -0.166. The number of esters is 3. The third-order valence-corrected chi connectivity index (χ3v) is 14.2. The Morgan fingerprint density at radius 2 is 0.573 bits per heavy atom. The van der Waals surface area contributed by atoms with Crippen LogP contribution in [0.25, 0.3) is 0 Å². The Kier molecular flexibility index (Phi) is 60.7.